The minimum absolute atomic E-state index is 0.147. The summed E-state index contributed by atoms with van der Waals surface area (Å²) in [7, 11) is -2.86. The Morgan fingerprint density at radius 1 is 1.21 bits per heavy atom. The molecule has 1 fully saturated rings. The Balaban J connectivity index is 1.63. The van der Waals surface area contributed by atoms with Crippen LogP contribution in [0, 0.1) is 5.92 Å². The van der Waals surface area contributed by atoms with E-state index in [-0.39, 0.29) is 11.7 Å². The van der Waals surface area contributed by atoms with Crippen LogP contribution in [0.5, 0.6) is 0 Å². The highest BCUT2D eigenvalue weighted by Gasteiger charge is 2.27. The number of hydrogen-bond acceptors (Lipinski definition) is 5. The molecule has 3 aromatic rings. The van der Waals surface area contributed by atoms with E-state index in [1.807, 2.05) is 42.5 Å². The summed E-state index contributed by atoms with van der Waals surface area (Å²) in [5.41, 5.74) is 2.66. The van der Waals surface area contributed by atoms with Gasteiger partial charge in [0.2, 0.25) is 0 Å². The summed E-state index contributed by atoms with van der Waals surface area (Å²) < 4.78 is 25.0. The van der Waals surface area contributed by atoms with Crippen molar-refractivity contribution < 1.29 is 8.42 Å². The highest BCUT2D eigenvalue weighted by molar-refractivity contribution is 7.91. The van der Waals surface area contributed by atoms with E-state index >= 15 is 0 Å². The highest BCUT2D eigenvalue weighted by atomic mass is 32.2. The fourth-order valence-electron chi connectivity index (χ4n) is 3.08. The summed E-state index contributed by atoms with van der Waals surface area (Å²) >= 11 is 0. The summed E-state index contributed by atoms with van der Waals surface area (Å²) in [4.78, 5) is 4.63. The summed E-state index contributed by atoms with van der Waals surface area (Å²) in [5, 5.41) is 7.66. The molecule has 0 saturated carbocycles. The van der Waals surface area contributed by atoms with Crippen LogP contribution in [0.25, 0.3) is 16.9 Å². The largest absolute Gasteiger partial charge is 0.370 e. The van der Waals surface area contributed by atoms with Crippen LogP contribution in [0.2, 0.25) is 0 Å². The molecule has 2 aromatic heterocycles. The molecule has 3 heterocycles. The van der Waals surface area contributed by atoms with Gasteiger partial charge in [-0.3, -0.25) is 0 Å². The number of hydrogen-bond donors (Lipinski definition) is 1. The lowest BCUT2D eigenvalue weighted by Crippen LogP contribution is -2.17. The Bertz CT molecular complexity index is 967. The molecule has 6 nitrogen and oxygen atoms in total. The van der Waals surface area contributed by atoms with Crippen LogP contribution in [0.4, 0.5) is 5.82 Å². The van der Waals surface area contributed by atoms with E-state index in [0.717, 1.165) is 22.7 Å². The van der Waals surface area contributed by atoms with Gasteiger partial charge >= 0.3 is 0 Å². The van der Waals surface area contributed by atoms with Crippen molar-refractivity contribution in [3.05, 3.63) is 48.7 Å². The van der Waals surface area contributed by atoms with Gasteiger partial charge in [0.05, 0.1) is 23.4 Å². The SMILES string of the molecule is O=S1(=O)CCC(CNc2cc(-c3ccccc3)nc3ccnn23)C1. The molecular weight excluding hydrogens is 324 g/mol. The summed E-state index contributed by atoms with van der Waals surface area (Å²) in [5.74, 6) is 1.53. The van der Waals surface area contributed by atoms with Gasteiger partial charge in [0, 0.05) is 24.2 Å². The first-order valence-electron chi connectivity index (χ1n) is 7.95. The normalized spacial score (nSPS) is 19.6. The molecule has 124 valence electrons. The van der Waals surface area contributed by atoms with Crippen LogP contribution in [0.15, 0.2) is 48.7 Å². The Morgan fingerprint density at radius 2 is 2.04 bits per heavy atom. The van der Waals surface area contributed by atoms with Gasteiger partial charge in [-0.25, -0.2) is 13.4 Å². The molecule has 0 amide bonds. The van der Waals surface area contributed by atoms with Crippen molar-refractivity contribution in [2.24, 2.45) is 5.92 Å². The van der Waals surface area contributed by atoms with Crippen molar-refractivity contribution in [3.63, 3.8) is 0 Å². The molecule has 1 saturated heterocycles. The number of aromatic nitrogens is 3. The van der Waals surface area contributed by atoms with E-state index < -0.39 is 9.84 Å². The average Bonchev–Trinajstić information content (AvgIpc) is 3.19. The van der Waals surface area contributed by atoms with Crippen LogP contribution in [-0.2, 0) is 9.84 Å². The average molecular weight is 342 g/mol. The first kappa shape index (κ1) is 15.1. The molecule has 1 aromatic carbocycles. The van der Waals surface area contributed by atoms with Gasteiger partial charge in [-0.2, -0.15) is 9.61 Å². The van der Waals surface area contributed by atoms with Crippen molar-refractivity contribution >= 4 is 21.3 Å². The number of nitrogens with zero attached hydrogens (tertiary/aromatic N) is 3. The molecular formula is C17H18N4O2S. The highest BCUT2D eigenvalue weighted by Crippen LogP contribution is 2.23. The summed E-state index contributed by atoms with van der Waals surface area (Å²) in [6.07, 6.45) is 2.43. The second-order valence-corrected chi connectivity index (χ2v) is 8.37. The molecule has 0 spiro atoms. The molecule has 1 N–H and O–H groups in total. The molecule has 24 heavy (non-hydrogen) atoms. The topological polar surface area (TPSA) is 76.4 Å². The van der Waals surface area contributed by atoms with Gasteiger partial charge in [-0.1, -0.05) is 30.3 Å². The smallest absolute Gasteiger partial charge is 0.157 e. The molecule has 0 aliphatic carbocycles. The first-order chi connectivity index (χ1) is 11.6. The fourth-order valence-corrected chi connectivity index (χ4v) is 4.94. The molecule has 1 aliphatic rings. The minimum Gasteiger partial charge on any atom is -0.370 e. The number of fused-ring (bicyclic) bond motifs is 1. The maximum Gasteiger partial charge on any atom is 0.157 e. The van der Waals surface area contributed by atoms with Gasteiger partial charge in [0.1, 0.15) is 5.82 Å². The van der Waals surface area contributed by atoms with Crippen molar-refractivity contribution in [1.29, 1.82) is 0 Å². The maximum atomic E-state index is 11.6. The number of rotatable bonds is 4. The molecule has 4 rings (SSSR count). The summed E-state index contributed by atoms with van der Waals surface area (Å²) in [6, 6.07) is 13.8. The summed E-state index contributed by atoms with van der Waals surface area (Å²) in [6.45, 7) is 0.617. The van der Waals surface area contributed by atoms with E-state index in [1.54, 1.807) is 10.7 Å². The molecule has 7 heteroatoms. The molecule has 1 atom stereocenters. The second-order valence-electron chi connectivity index (χ2n) is 6.14. The quantitative estimate of drug-likeness (QED) is 0.787. The predicted molar refractivity (Wildman–Crippen MR) is 93.7 cm³/mol. The van der Waals surface area contributed by atoms with Crippen molar-refractivity contribution in [2.75, 3.05) is 23.4 Å². The van der Waals surface area contributed by atoms with Crippen LogP contribution in [-0.4, -0.2) is 41.1 Å². The van der Waals surface area contributed by atoms with Crippen LogP contribution < -0.4 is 5.32 Å². The van der Waals surface area contributed by atoms with Gasteiger partial charge in [0.25, 0.3) is 0 Å². The minimum atomic E-state index is -2.86. The van der Waals surface area contributed by atoms with Crippen molar-refractivity contribution in [3.8, 4) is 11.3 Å². The van der Waals surface area contributed by atoms with E-state index in [2.05, 4.69) is 15.4 Å². The van der Waals surface area contributed by atoms with E-state index in [9.17, 15) is 8.42 Å². The van der Waals surface area contributed by atoms with Crippen LogP contribution in [0.1, 0.15) is 6.42 Å². The van der Waals surface area contributed by atoms with E-state index in [0.29, 0.717) is 18.7 Å². The molecule has 1 unspecified atom stereocenters. The Kier molecular flexibility index (Phi) is 3.72. The molecule has 0 radical (unpaired) electrons. The third kappa shape index (κ3) is 2.99. The Hall–Kier alpha value is -2.41. The monoisotopic (exact) mass is 342 g/mol. The van der Waals surface area contributed by atoms with Gasteiger partial charge < -0.3 is 5.32 Å². The third-order valence-electron chi connectivity index (χ3n) is 4.33. The third-order valence-corrected chi connectivity index (χ3v) is 6.16. The Labute approximate surface area is 140 Å². The lowest BCUT2D eigenvalue weighted by Gasteiger charge is -2.13. The van der Waals surface area contributed by atoms with Gasteiger partial charge in [-0.05, 0) is 12.3 Å². The lowest BCUT2D eigenvalue weighted by atomic mass is 10.1. The zero-order valence-corrected chi connectivity index (χ0v) is 13.9. The predicted octanol–water partition coefficient (Wildman–Crippen LogP) is 2.24. The van der Waals surface area contributed by atoms with Crippen LogP contribution >= 0.6 is 0 Å². The van der Waals surface area contributed by atoms with Gasteiger partial charge in [0.15, 0.2) is 15.5 Å². The van der Waals surface area contributed by atoms with Crippen molar-refractivity contribution in [1.82, 2.24) is 14.6 Å². The van der Waals surface area contributed by atoms with Crippen molar-refractivity contribution in [2.45, 2.75) is 6.42 Å². The zero-order chi connectivity index (χ0) is 16.6. The maximum absolute atomic E-state index is 11.6. The first-order valence-corrected chi connectivity index (χ1v) is 9.77. The number of nitrogens with one attached hydrogen (secondary N) is 1. The number of sulfone groups is 1. The standard InChI is InChI=1S/C17H18N4O2S/c22-24(23)9-7-13(12-24)11-18-17-10-15(14-4-2-1-3-5-14)20-16-6-8-19-21(16)17/h1-6,8,10,13,18H,7,9,11-12H2. The zero-order valence-electron chi connectivity index (χ0n) is 13.1. The number of anilines is 1. The molecule has 0 bridgehead atoms. The second kappa shape index (κ2) is 5.90. The lowest BCUT2D eigenvalue weighted by molar-refractivity contribution is 0.595. The molecule has 1 aliphatic heterocycles. The van der Waals surface area contributed by atoms with E-state index in [1.165, 1.54) is 0 Å². The van der Waals surface area contributed by atoms with E-state index in [4.69, 9.17) is 0 Å². The van der Waals surface area contributed by atoms with Crippen LogP contribution in [0.3, 0.4) is 0 Å². The Morgan fingerprint density at radius 3 is 2.79 bits per heavy atom. The number of benzene rings is 1. The fraction of sp³-hybridized carbons (Fsp3) is 0.294. The van der Waals surface area contributed by atoms with Gasteiger partial charge in [-0.15, -0.1) is 0 Å².